The number of benzene rings is 1. The Kier molecular flexibility index (Phi) is 12.3. The van der Waals surface area contributed by atoms with Gasteiger partial charge in [0.1, 0.15) is 0 Å². The second kappa shape index (κ2) is 13.6. The zero-order valence-electron chi connectivity index (χ0n) is 18.2. The second-order valence-electron chi connectivity index (χ2n) is 5.72. The molecule has 162 valence electrons. The van der Waals surface area contributed by atoms with Crippen LogP contribution in [0.25, 0.3) is 0 Å². The minimum atomic E-state index is -3.33. The summed E-state index contributed by atoms with van der Waals surface area (Å²) in [5.74, 6) is 0. The van der Waals surface area contributed by atoms with Crippen molar-refractivity contribution in [3.63, 3.8) is 0 Å². The molecule has 1 rings (SSSR count). The van der Waals surface area contributed by atoms with Crippen LogP contribution in [-0.2, 0) is 33.1 Å². The average molecular weight is 432 g/mol. The van der Waals surface area contributed by atoms with E-state index in [4.69, 9.17) is 26.6 Å². The molecule has 0 saturated carbocycles. The maximum atomic E-state index is 6.20. The minimum absolute atomic E-state index is 0.451. The number of hydrogen-bond donors (Lipinski definition) is 0. The van der Waals surface area contributed by atoms with Gasteiger partial charge >= 0.3 is 17.9 Å². The van der Waals surface area contributed by atoms with Crippen LogP contribution >= 0.6 is 0 Å². The molecule has 0 heterocycles. The summed E-state index contributed by atoms with van der Waals surface area (Å²) in [6.45, 7) is 14.8. The van der Waals surface area contributed by atoms with Crippen molar-refractivity contribution in [3.05, 3.63) is 35.9 Å². The zero-order valence-corrected chi connectivity index (χ0v) is 20.2. The maximum absolute atomic E-state index is 6.20. The quantitative estimate of drug-likeness (QED) is 0.371. The molecular formula is C19H37NO6Si2. The van der Waals surface area contributed by atoms with Crippen LogP contribution in [0.3, 0.4) is 0 Å². The van der Waals surface area contributed by atoms with Gasteiger partial charge in [-0.1, -0.05) is 30.3 Å². The van der Waals surface area contributed by atoms with Crippen LogP contribution in [0.4, 0.5) is 0 Å². The standard InChI is InChI=1S/C19H37NO6Si2/c1-7-21-27(22-8-2,23-9-3)20(18-19-16-14-13-15-17-19)28(24-10-4,25-11-5)26-12-6/h13-17H,7-12,18H2,1-6H3. The van der Waals surface area contributed by atoms with Gasteiger partial charge in [0.25, 0.3) is 0 Å². The molecule has 0 fully saturated rings. The van der Waals surface area contributed by atoms with E-state index in [0.29, 0.717) is 46.2 Å². The molecule has 0 atom stereocenters. The Morgan fingerprint density at radius 2 is 0.893 bits per heavy atom. The minimum Gasteiger partial charge on any atom is -0.362 e. The molecule has 0 aromatic heterocycles. The number of rotatable bonds is 16. The van der Waals surface area contributed by atoms with E-state index in [2.05, 4.69) is 12.1 Å². The van der Waals surface area contributed by atoms with Gasteiger partial charge in [-0.25, -0.2) is 4.23 Å². The lowest BCUT2D eigenvalue weighted by Crippen LogP contribution is -2.74. The molecule has 1 aromatic carbocycles. The van der Waals surface area contributed by atoms with Gasteiger partial charge in [-0.3, -0.25) is 0 Å². The van der Waals surface area contributed by atoms with Gasteiger partial charge < -0.3 is 26.6 Å². The third-order valence-corrected chi connectivity index (χ3v) is 11.0. The largest absolute Gasteiger partial charge is 0.598 e. The third-order valence-electron chi connectivity index (χ3n) is 3.81. The molecule has 7 nitrogen and oxygen atoms in total. The second-order valence-corrected chi connectivity index (χ2v) is 11.1. The van der Waals surface area contributed by atoms with Crippen LogP contribution in [0.2, 0.25) is 0 Å². The van der Waals surface area contributed by atoms with E-state index in [-0.39, 0.29) is 0 Å². The van der Waals surface area contributed by atoms with Crippen molar-refractivity contribution in [2.45, 2.75) is 48.1 Å². The molecule has 28 heavy (non-hydrogen) atoms. The fourth-order valence-electron chi connectivity index (χ4n) is 2.94. The van der Waals surface area contributed by atoms with Gasteiger partial charge in [0.15, 0.2) is 0 Å². The smallest absolute Gasteiger partial charge is 0.362 e. The summed E-state index contributed by atoms with van der Waals surface area (Å²) < 4.78 is 39.2. The predicted molar refractivity (Wildman–Crippen MR) is 113 cm³/mol. The Balaban J connectivity index is 3.56. The molecule has 0 aliphatic heterocycles. The molecule has 1 aromatic rings. The summed E-state index contributed by atoms with van der Waals surface area (Å²) in [5, 5.41) is 0. The Morgan fingerprint density at radius 1 is 0.571 bits per heavy atom. The van der Waals surface area contributed by atoms with Crippen molar-refractivity contribution < 1.29 is 26.6 Å². The molecule has 0 bridgehead atoms. The monoisotopic (exact) mass is 431 g/mol. The molecule has 0 aliphatic rings. The van der Waals surface area contributed by atoms with Gasteiger partial charge in [0.05, 0.1) is 0 Å². The Bertz CT molecular complexity index is 462. The highest BCUT2D eigenvalue weighted by Crippen LogP contribution is 2.29. The normalized spacial score (nSPS) is 12.7. The van der Waals surface area contributed by atoms with Crippen LogP contribution in [0.5, 0.6) is 0 Å². The van der Waals surface area contributed by atoms with E-state index >= 15 is 0 Å². The van der Waals surface area contributed by atoms with Crippen molar-refractivity contribution >= 4 is 17.9 Å². The maximum Gasteiger partial charge on any atom is 0.598 e. The van der Waals surface area contributed by atoms with Crippen LogP contribution in [0.1, 0.15) is 47.1 Å². The first-order valence-electron chi connectivity index (χ1n) is 10.2. The lowest BCUT2D eigenvalue weighted by Gasteiger charge is -2.44. The van der Waals surface area contributed by atoms with Gasteiger partial charge in [0.2, 0.25) is 0 Å². The first kappa shape index (κ1) is 25.4. The number of nitrogens with zero attached hydrogens (tertiary/aromatic N) is 1. The van der Waals surface area contributed by atoms with Crippen LogP contribution < -0.4 is 0 Å². The summed E-state index contributed by atoms with van der Waals surface area (Å²) in [6.07, 6.45) is 0. The molecule has 9 heteroatoms. The van der Waals surface area contributed by atoms with Crippen LogP contribution in [-0.4, -0.2) is 61.8 Å². The molecule has 0 amide bonds. The molecule has 0 saturated heterocycles. The topological polar surface area (TPSA) is 58.6 Å². The molecule has 0 N–H and O–H groups in total. The van der Waals surface area contributed by atoms with E-state index in [9.17, 15) is 0 Å². The van der Waals surface area contributed by atoms with E-state index in [1.54, 1.807) is 0 Å². The highest BCUT2D eigenvalue weighted by atomic mass is 28.5. The number of hydrogen-bond acceptors (Lipinski definition) is 7. The predicted octanol–water partition coefficient (Wildman–Crippen LogP) is 3.58. The Morgan fingerprint density at radius 3 is 1.18 bits per heavy atom. The fraction of sp³-hybridized carbons (Fsp3) is 0.684. The molecule has 0 radical (unpaired) electrons. The van der Waals surface area contributed by atoms with Crippen molar-refractivity contribution in [2.75, 3.05) is 39.6 Å². The van der Waals surface area contributed by atoms with Crippen molar-refractivity contribution in [2.24, 2.45) is 0 Å². The lowest BCUT2D eigenvalue weighted by atomic mass is 10.2. The van der Waals surface area contributed by atoms with Gasteiger partial charge in [0, 0.05) is 46.2 Å². The van der Waals surface area contributed by atoms with Crippen LogP contribution in [0, 0.1) is 0 Å². The summed E-state index contributed by atoms with van der Waals surface area (Å²) >= 11 is 0. The highest BCUT2D eigenvalue weighted by Gasteiger charge is 2.64. The summed E-state index contributed by atoms with van der Waals surface area (Å²) in [7, 11) is -6.67. The summed E-state index contributed by atoms with van der Waals surface area (Å²) in [6, 6.07) is 10.1. The van der Waals surface area contributed by atoms with E-state index < -0.39 is 17.9 Å². The van der Waals surface area contributed by atoms with Crippen LogP contribution in [0.15, 0.2) is 30.3 Å². The molecule has 0 aliphatic carbocycles. The Hall–Kier alpha value is -0.626. The third kappa shape index (κ3) is 6.72. The highest BCUT2D eigenvalue weighted by molar-refractivity contribution is 6.75. The molecule has 0 unspecified atom stereocenters. The summed E-state index contributed by atoms with van der Waals surface area (Å²) in [4.78, 5) is 0. The molecular weight excluding hydrogens is 394 g/mol. The zero-order chi connectivity index (χ0) is 20.9. The van der Waals surface area contributed by atoms with E-state index in [0.717, 1.165) is 5.56 Å². The lowest BCUT2D eigenvalue weighted by molar-refractivity contribution is -0.0214. The average Bonchev–Trinajstić information content (AvgIpc) is 2.68. The SMILES string of the molecule is CCO[Si](OCC)(OCC)N(Cc1ccccc1)[Si](OCC)(OCC)OCC. The first-order valence-corrected chi connectivity index (χ1v) is 13.6. The van der Waals surface area contributed by atoms with Crippen molar-refractivity contribution in [1.29, 1.82) is 0 Å². The van der Waals surface area contributed by atoms with E-state index in [1.165, 1.54) is 0 Å². The Labute approximate surface area is 172 Å². The van der Waals surface area contributed by atoms with Gasteiger partial charge in [-0.05, 0) is 47.1 Å². The van der Waals surface area contributed by atoms with Gasteiger partial charge in [-0.2, -0.15) is 0 Å². The van der Waals surface area contributed by atoms with Gasteiger partial charge in [-0.15, -0.1) is 0 Å². The molecule has 0 spiro atoms. The van der Waals surface area contributed by atoms with E-state index in [1.807, 2.05) is 64.0 Å². The first-order chi connectivity index (χ1) is 13.6. The fourth-order valence-corrected chi connectivity index (χ4v) is 9.82. The summed E-state index contributed by atoms with van der Waals surface area (Å²) in [5.41, 5.74) is 1.08. The van der Waals surface area contributed by atoms with Crippen molar-refractivity contribution in [3.8, 4) is 0 Å². The van der Waals surface area contributed by atoms with Crippen molar-refractivity contribution in [1.82, 2.24) is 4.23 Å².